The lowest BCUT2D eigenvalue weighted by Crippen LogP contribution is -2.26. The molecule has 0 bridgehead atoms. The summed E-state index contributed by atoms with van der Waals surface area (Å²) in [4.78, 5) is 26.0. The van der Waals surface area contributed by atoms with E-state index >= 15 is 0 Å². The van der Waals surface area contributed by atoms with E-state index in [1.54, 1.807) is 4.90 Å². The summed E-state index contributed by atoms with van der Waals surface area (Å²) in [5, 5.41) is 6.08. The highest BCUT2D eigenvalue weighted by Gasteiger charge is 2.23. The molecule has 0 atom stereocenters. The Kier molecular flexibility index (Phi) is 5.03. The van der Waals surface area contributed by atoms with Gasteiger partial charge >= 0.3 is 0 Å². The van der Waals surface area contributed by atoms with Crippen molar-refractivity contribution in [1.29, 1.82) is 0 Å². The molecule has 0 saturated carbocycles. The number of aryl methyl sites for hydroxylation is 2. The van der Waals surface area contributed by atoms with Crippen molar-refractivity contribution in [3.63, 3.8) is 0 Å². The lowest BCUT2D eigenvalue weighted by Gasteiger charge is -2.20. The smallest absolute Gasteiger partial charge is 0.243 e. The highest BCUT2D eigenvalue weighted by Crippen LogP contribution is 2.29. The third-order valence-corrected chi connectivity index (χ3v) is 4.36. The van der Waals surface area contributed by atoms with Crippen LogP contribution in [0.2, 0.25) is 0 Å². The number of hydrogen-bond donors (Lipinski definition) is 2. The summed E-state index contributed by atoms with van der Waals surface area (Å²) >= 11 is 0. The van der Waals surface area contributed by atoms with Gasteiger partial charge in [0.15, 0.2) is 0 Å². The van der Waals surface area contributed by atoms with Crippen LogP contribution in [0.5, 0.6) is 0 Å². The zero-order chi connectivity index (χ0) is 17.8. The second-order valence-electron chi connectivity index (χ2n) is 6.39. The van der Waals surface area contributed by atoms with Crippen LogP contribution in [0, 0.1) is 13.8 Å². The number of hydrogen-bond acceptors (Lipinski definition) is 3. The lowest BCUT2D eigenvalue weighted by molar-refractivity contribution is -0.117. The Morgan fingerprint density at radius 2 is 1.92 bits per heavy atom. The maximum absolute atomic E-state index is 12.3. The van der Waals surface area contributed by atoms with Gasteiger partial charge in [-0.2, -0.15) is 0 Å². The van der Waals surface area contributed by atoms with Crippen molar-refractivity contribution in [3.8, 4) is 0 Å². The summed E-state index contributed by atoms with van der Waals surface area (Å²) < 4.78 is 0. The molecule has 5 heteroatoms. The Morgan fingerprint density at radius 1 is 1.12 bits per heavy atom. The maximum atomic E-state index is 12.3. The van der Waals surface area contributed by atoms with Crippen molar-refractivity contribution in [2.75, 3.05) is 28.6 Å². The van der Waals surface area contributed by atoms with Crippen molar-refractivity contribution in [2.24, 2.45) is 0 Å². The molecule has 1 heterocycles. The first-order valence-corrected chi connectivity index (χ1v) is 8.55. The van der Waals surface area contributed by atoms with Crippen molar-refractivity contribution < 1.29 is 9.59 Å². The Morgan fingerprint density at radius 3 is 2.64 bits per heavy atom. The van der Waals surface area contributed by atoms with Gasteiger partial charge in [-0.3, -0.25) is 9.59 Å². The zero-order valence-corrected chi connectivity index (χ0v) is 14.6. The van der Waals surface area contributed by atoms with Gasteiger partial charge < -0.3 is 15.5 Å². The second kappa shape index (κ2) is 7.38. The fourth-order valence-electron chi connectivity index (χ4n) is 3.09. The predicted molar refractivity (Wildman–Crippen MR) is 101 cm³/mol. The van der Waals surface area contributed by atoms with Gasteiger partial charge in [0.1, 0.15) is 0 Å². The van der Waals surface area contributed by atoms with E-state index in [2.05, 4.69) is 10.6 Å². The number of carbonyl (C=O) groups excluding carboxylic acids is 2. The van der Waals surface area contributed by atoms with Crippen molar-refractivity contribution in [1.82, 2.24) is 0 Å². The molecule has 2 aromatic rings. The molecule has 2 amide bonds. The molecule has 1 fully saturated rings. The van der Waals surface area contributed by atoms with Gasteiger partial charge in [-0.25, -0.2) is 0 Å². The maximum Gasteiger partial charge on any atom is 0.243 e. The van der Waals surface area contributed by atoms with E-state index < -0.39 is 0 Å². The molecule has 0 aromatic heterocycles. The quantitative estimate of drug-likeness (QED) is 0.878. The molecule has 3 rings (SSSR count). The largest absolute Gasteiger partial charge is 0.374 e. The number of carbonyl (C=O) groups is 2. The Hall–Kier alpha value is -2.82. The zero-order valence-electron chi connectivity index (χ0n) is 14.6. The molecule has 0 unspecified atom stereocenters. The summed E-state index contributed by atoms with van der Waals surface area (Å²) in [6.45, 7) is 4.87. The highest BCUT2D eigenvalue weighted by atomic mass is 16.2. The van der Waals surface area contributed by atoms with Crippen LogP contribution in [0.25, 0.3) is 0 Å². The van der Waals surface area contributed by atoms with E-state index in [-0.39, 0.29) is 18.4 Å². The van der Waals surface area contributed by atoms with Crippen LogP contribution in [0.1, 0.15) is 24.0 Å². The number of nitrogens with zero attached hydrogens (tertiary/aromatic N) is 1. The van der Waals surface area contributed by atoms with Gasteiger partial charge in [0.05, 0.1) is 17.9 Å². The average molecular weight is 337 g/mol. The summed E-state index contributed by atoms with van der Waals surface area (Å²) in [5.41, 5.74) is 4.66. The van der Waals surface area contributed by atoms with Gasteiger partial charge in [-0.15, -0.1) is 0 Å². The Bertz CT molecular complexity index is 801. The van der Waals surface area contributed by atoms with Gasteiger partial charge in [-0.1, -0.05) is 29.8 Å². The highest BCUT2D eigenvalue weighted by molar-refractivity contribution is 5.99. The first kappa shape index (κ1) is 17.0. The van der Waals surface area contributed by atoms with Crippen molar-refractivity contribution >= 4 is 28.9 Å². The fourth-order valence-corrected chi connectivity index (χ4v) is 3.09. The van der Waals surface area contributed by atoms with Crippen LogP contribution < -0.4 is 15.5 Å². The molecule has 0 spiro atoms. The standard InChI is InChI=1S/C20H23N3O2/c1-14-9-10-16(15(2)12-14)22-19(24)13-21-17-6-3-4-7-18(17)23-11-5-8-20(23)25/h3-4,6-7,9-10,12,21H,5,8,11,13H2,1-2H3,(H,22,24). The van der Waals surface area contributed by atoms with Gasteiger partial charge in [0.2, 0.25) is 11.8 Å². The predicted octanol–water partition coefficient (Wildman–Crippen LogP) is 3.48. The molecule has 2 aromatic carbocycles. The first-order chi connectivity index (χ1) is 12.0. The summed E-state index contributed by atoms with van der Waals surface area (Å²) in [5.74, 6) is 0.0171. The lowest BCUT2D eigenvalue weighted by atomic mass is 10.1. The summed E-state index contributed by atoms with van der Waals surface area (Å²) in [6, 6.07) is 13.5. The topological polar surface area (TPSA) is 61.4 Å². The van der Waals surface area contributed by atoms with Gasteiger partial charge in [0, 0.05) is 18.7 Å². The number of benzene rings is 2. The number of amides is 2. The van der Waals surface area contributed by atoms with Crippen LogP contribution >= 0.6 is 0 Å². The molecule has 0 radical (unpaired) electrons. The molecular weight excluding hydrogens is 314 g/mol. The normalized spacial score (nSPS) is 13.8. The third kappa shape index (κ3) is 3.99. The molecule has 130 valence electrons. The van der Waals surface area contributed by atoms with Crippen LogP contribution in [-0.4, -0.2) is 24.9 Å². The number of nitrogens with one attached hydrogen (secondary N) is 2. The minimum Gasteiger partial charge on any atom is -0.374 e. The number of rotatable bonds is 5. The molecule has 0 aliphatic carbocycles. The van der Waals surface area contributed by atoms with Crippen LogP contribution in [0.15, 0.2) is 42.5 Å². The molecule has 25 heavy (non-hydrogen) atoms. The molecule has 1 aliphatic heterocycles. The molecule has 2 N–H and O–H groups in total. The minimum absolute atomic E-state index is 0.116. The Labute approximate surface area is 148 Å². The van der Waals surface area contributed by atoms with Crippen LogP contribution in [0.3, 0.4) is 0 Å². The van der Waals surface area contributed by atoms with E-state index in [9.17, 15) is 9.59 Å². The van der Waals surface area contributed by atoms with Crippen LogP contribution in [0.4, 0.5) is 17.1 Å². The van der Waals surface area contributed by atoms with E-state index in [4.69, 9.17) is 0 Å². The average Bonchev–Trinajstić information content (AvgIpc) is 3.02. The molecule has 5 nitrogen and oxygen atoms in total. The Balaban J connectivity index is 1.65. The van der Waals surface area contributed by atoms with E-state index in [0.717, 1.165) is 41.2 Å². The monoisotopic (exact) mass is 337 g/mol. The van der Waals surface area contributed by atoms with Crippen LogP contribution in [-0.2, 0) is 9.59 Å². The number of para-hydroxylation sites is 2. The fraction of sp³-hybridized carbons (Fsp3) is 0.300. The van der Waals surface area contributed by atoms with Crippen molar-refractivity contribution in [3.05, 3.63) is 53.6 Å². The molecule has 1 aliphatic rings. The summed E-state index contributed by atoms with van der Waals surface area (Å²) in [7, 11) is 0. The SMILES string of the molecule is Cc1ccc(NC(=O)CNc2ccccc2N2CCCC2=O)c(C)c1. The third-order valence-electron chi connectivity index (χ3n) is 4.36. The van der Waals surface area contributed by atoms with Gasteiger partial charge in [0.25, 0.3) is 0 Å². The van der Waals surface area contributed by atoms with E-state index in [1.807, 2.05) is 56.3 Å². The first-order valence-electron chi connectivity index (χ1n) is 8.55. The second-order valence-corrected chi connectivity index (χ2v) is 6.39. The number of anilines is 3. The minimum atomic E-state index is -0.116. The van der Waals surface area contributed by atoms with E-state index in [0.29, 0.717) is 6.42 Å². The van der Waals surface area contributed by atoms with Crippen molar-refractivity contribution in [2.45, 2.75) is 26.7 Å². The van der Waals surface area contributed by atoms with Gasteiger partial charge in [-0.05, 0) is 44.0 Å². The van der Waals surface area contributed by atoms with E-state index in [1.165, 1.54) is 0 Å². The molecule has 1 saturated heterocycles. The summed E-state index contributed by atoms with van der Waals surface area (Å²) in [6.07, 6.45) is 1.46. The molecular formula is C20H23N3O2.